The molecule has 0 heterocycles. The molecule has 0 fully saturated rings. The van der Waals surface area contributed by atoms with E-state index in [1.54, 1.807) is 24.3 Å². The monoisotopic (exact) mass is 358 g/mol. The first kappa shape index (κ1) is 19.0. The fourth-order valence-corrected chi connectivity index (χ4v) is 2.56. The van der Waals surface area contributed by atoms with Crippen molar-refractivity contribution in [3.8, 4) is 0 Å². The molecule has 0 aliphatic carbocycles. The van der Waals surface area contributed by atoms with E-state index < -0.39 is 0 Å². The first-order chi connectivity index (χ1) is 12.0. The van der Waals surface area contributed by atoms with Gasteiger partial charge in [-0.1, -0.05) is 41.9 Å². The average Bonchev–Trinajstić information content (AvgIpc) is 2.61. The molecule has 2 N–H and O–H groups in total. The van der Waals surface area contributed by atoms with E-state index in [2.05, 4.69) is 22.8 Å². The normalized spacial score (nSPS) is 11.6. The zero-order valence-electron chi connectivity index (χ0n) is 14.3. The third-order valence-corrected chi connectivity index (χ3v) is 4.08. The molecule has 4 nitrogen and oxygen atoms in total. The Bertz CT molecular complexity index is 687. The van der Waals surface area contributed by atoms with Crippen molar-refractivity contribution >= 4 is 29.1 Å². The Morgan fingerprint density at radius 2 is 1.60 bits per heavy atom. The predicted octanol–water partition coefficient (Wildman–Crippen LogP) is 4.20. The Kier molecular flexibility index (Phi) is 7.48. The quantitative estimate of drug-likeness (QED) is 0.743. The lowest BCUT2D eigenvalue weighted by atomic mass is 10.1. The Morgan fingerprint density at radius 3 is 2.28 bits per heavy atom. The molecule has 0 saturated heterocycles. The predicted molar refractivity (Wildman–Crippen MR) is 102 cm³/mol. The van der Waals surface area contributed by atoms with E-state index >= 15 is 0 Å². The van der Waals surface area contributed by atoms with Crippen LogP contribution < -0.4 is 10.6 Å². The highest BCUT2D eigenvalue weighted by molar-refractivity contribution is 6.30. The molecule has 132 valence electrons. The van der Waals surface area contributed by atoms with Crippen LogP contribution >= 0.6 is 11.6 Å². The molecule has 5 heteroatoms. The van der Waals surface area contributed by atoms with Crippen LogP contribution in [0.2, 0.25) is 5.02 Å². The summed E-state index contributed by atoms with van der Waals surface area (Å²) in [6.07, 6.45) is 2.11. The lowest BCUT2D eigenvalue weighted by Crippen LogP contribution is -2.33. The van der Waals surface area contributed by atoms with E-state index in [1.807, 2.05) is 25.1 Å². The Balaban J connectivity index is 1.65. The highest BCUT2D eigenvalue weighted by Gasteiger charge is 2.10. The Morgan fingerprint density at radius 1 is 0.960 bits per heavy atom. The third kappa shape index (κ3) is 7.40. The van der Waals surface area contributed by atoms with Gasteiger partial charge < -0.3 is 10.6 Å². The molecule has 1 atom stereocenters. The number of amides is 2. The van der Waals surface area contributed by atoms with Crippen molar-refractivity contribution in [2.75, 3.05) is 5.32 Å². The largest absolute Gasteiger partial charge is 0.354 e. The second kappa shape index (κ2) is 9.84. The molecular weight excluding hydrogens is 336 g/mol. The second-order valence-corrected chi connectivity index (χ2v) is 6.48. The number of aryl methyl sites for hydroxylation is 1. The minimum Gasteiger partial charge on any atom is -0.354 e. The molecule has 25 heavy (non-hydrogen) atoms. The van der Waals surface area contributed by atoms with Crippen LogP contribution in [0.5, 0.6) is 0 Å². The summed E-state index contributed by atoms with van der Waals surface area (Å²) < 4.78 is 0. The van der Waals surface area contributed by atoms with Gasteiger partial charge in [-0.25, -0.2) is 0 Å². The zero-order valence-corrected chi connectivity index (χ0v) is 15.1. The molecule has 2 rings (SSSR count). The van der Waals surface area contributed by atoms with Gasteiger partial charge in [0, 0.05) is 29.6 Å². The minimum atomic E-state index is -0.186. The van der Waals surface area contributed by atoms with Crippen LogP contribution in [0.1, 0.15) is 31.7 Å². The molecule has 0 aliphatic rings. The fourth-order valence-electron chi connectivity index (χ4n) is 2.43. The van der Waals surface area contributed by atoms with Crippen LogP contribution in [-0.4, -0.2) is 17.9 Å². The highest BCUT2D eigenvalue weighted by Crippen LogP contribution is 2.13. The molecule has 0 radical (unpaired) electrons. The first-order valence-electron chi connectivity index (χ1n) is 8.41. The van der Waals surface area contributed by atoms with Gasteiger partial charge in [-0.3, -0.25) is 9.59 Å². The molecule has 0 saturated carbocycles. The van der Waals surface area contributed by atoms with E-state index in [-0.39, 0.29) is 30.7 Å². The molecule has 0 bridgehead atoms. The van der Waals surface area contributed by atoms with Crippen LogP contribution in [0.15, 0.2) is 54.6 Å². The van der Waals surface area contributed by atoms with Crippen molar-refractivity contribution in [1.29, 1.82) is 0 Å². The number of hydrogen-bond donors (Lipinski definition) is 2. The van der Waals surface area contributed by atoms with E-state index in [4.69, 9.17) is 11.6 Å². The summed E-state index contributed by atoms with van der Waals surface area (Å²) in [7, 11) is 0. The number of hydrogen-bond acceptors (Lipinski definition) is 2. The maximum absolute atomic E-state index is 12.0. The molecular formula is C20H23ClN2O2. The van der Waals surface area contributed by atoms with Crippen LogP contribution in [0.4, 0.5) is 5.69 Å². The van der Waals surface area contributed by atoms with E-state index in [1.165, 1.54) is 5.56 Å². The SMILES string of the molecule is C[C@@H](CCc1ccccc1)NC(=O)CCC(=O)Nc1ccc(Cl)cc1. The second-order valence-electron chi connectivity index (χ2n) is 6.05. The molecule has 0 aromatic heterocycles. The van der Waals surface area contributed by atoms with Crippen LogP contribution in [0.25, 0.3) is 0 Å². The zero-order chi connectivity index (χ0) is 18.1. The van der Waals surface area contributed by atoms with E-state index in [0.717, 1.165) is 12.8 Å². The number of carbonyl (C=O) groups excluding carboxylic acids is 2. The summed E-state index contributed by atoms with van der Waals surface area (Å²) in [5, 5.41) is 6.30. The summed E-state index contributed by atoms with van der Waals surface area (Å²) in [6.45, 7) is 1.98. The third-order valence-electron chi connectivity index (χ3n) is 3.82. The van der Waals surface area contributed by atoms with Crippen LogP contribution in [0, 0.1) is 0 Å². The first-order valence-corrected chi connectivity index (χ1v) is 8.79. The number of benzene rings is 2. The van der Waals surface area contributed by atoms with E-state index in [0.29, 0.717) is 10.7 Å². The van der Waals surface area contributed by atoms with Crippen molar-refractivity contribution < 1.29 is 9.59 Å². The molecule has 2 aromatic carbocycles. The van der Waals surface area contributed by atoms with Gasteiger partial charge in [0.15, 0.2) is 0 Å². The Hall–Kier alpha value is -2.33. The highest BCUT2D eigenvalue weighted by atomic mass is 35.5. The number of nitrogens with one attached hydrogen (secondary N) is 2. The Labute approximate surface area is 153 Å². The molecule has 2 aromatic rings. The van der Waals surface area contributed by atoms with Gasteiger partial charge in [0.25, 0.3) is 0 Å². The average molecular weight is 359 g/mol. The van der Waals surface area contributed by atoms with Gasteiger partial charge >= 0.3 is 0 Å². The molecule has 0 unspecified atom stereocenters. The van der Waals surface area contributed by atoms with Gasteiger partial charge in [0.1, 0.15) is 0 Å². The van der Waals surface area contributed by atoms with Gasteiger partial charge in [-0.2, -0.15) is 0 Å². The maximum Gasteiger partial charge on any atom is 0.224 e. The van der Waals surface area contributed by atoms with Gasteiger partial charge in [0.2, 0.25) is 11.8 Å². The smallest absolute Gasteiger partial charge is 0.224 e. The standard InChI is InChI=1S/C20H23ClN2O2/c1-15(7-8-16-5-3-2-4-6-16)22-19(24)13-14-20(25)23-18-11-9-17(21)10-12-18/h2-6,9-12,15H,7-8,13-14H2,1H3,(H,22,24)(H,23,25)/t15-/m0/s1. The van der Waals surface area contributed by atoms with Crippen molar-refractivity contribution in [1.82, 2.24) is 5.32 Å². The molecule has 2 amide bonds. The number of carbonyl (C=O) groups is 2. The van der Waals surface area contributed by atoms with Crippen molar-refractivity contribution in [3.63, 3.8) is 0 Å². The van der Waals surface area contributed by atoms with Gasteiger partial charge in [-0.15, -0.1) is 0 Å². The van der Waals surface area contributed by atoms with Crippen LogP contribution in [-0.2, 0) is 16.0 Å². The summed E-state index contributed by atoms with van der Waals surface area (Å²) in [5.41, 5.74) is 1.93. The summed E-state index contributed by atoms with van der Waals surface area (Å²) >= 11 is 5.80. The van der Waals surface area contributed by atoms with Crippen LogP contribution in [0.3, 0.4) is 0 Å². The molecule has 0 spiro atoms. The van der Waals surface area contributed by atoms with E-state index in [9.17, 15) is 9.59 Å². The summed E-state index contributed by atoms with van der Waals surface area (Å²) in [5.74, 6) is -0.291. The van der Waals surface area contributed by atoms with Crippen molar-refractivity contribution in [2.24, 2.45) is 0 Å². The number of rotatable bonds is 8. The van der Waals surface area contributed by atoms with Crippen molar-refractivity contribution in [2.45, 2.75) is 38.6 Å². The lowest BCUT2D eigenvalue weighted by Gasteiger charge is -2.14. The number of anilines is 1. The molecule has 0 aliphatic heterocycles. The lowest BCUT2D eigenvalue weighted by molar-refractivity contribution is -0.124. The van der Waals surface area contributed by atoms with Crippen molar-refractivity contribution in [3.05, 3.63) is 65.2 Å². The van der Waals surface area contributed by atoms with Gasteiger partial charge in [0.05, 0.1) is 0 Å². The topological polar surface area (TPSA) is 58.2 Å². The van der Waals surface area contributed by atoms with Gasteiger partial charge in [-0.05, 0) is 49.6 Å². The number of halogens is 1. The summed E-state index contributed by atoms with van der Waals surface area (Å²) in [4.78, 5) is 23.8. The summed E-state index contributed by atoms with van der Waals surface area (Å²) in [6, 6.07) is 17.1. The maximum atomic E-state index is 12.0. The minimum absolute atomic E-state index is 0.0760. The fraction of sp³-hybridized carbons (Fsp3) is 0.300.